The van der Waals surface area contributed by atoms with E-state index < -0.39 is 4.92 Å². The number of nitrogens with zero attached hydrogens (tertiary/aromatic N) is 1. The third-order valence-electron chi connectivity index (χ3n) is 3.10. The molecule has 0 atom stereocenters. The Morgan fingerprint density at radius 1 is 1.56 bits per heavy atom. The first-order valence-corrected chi connectivity index (χ1v) is 5.71. The standard InChI is InChI=1S/C12H15N3O3/c13-11(14)7-12(4-5-12)8-18-10-3-1-2-9(6-10)15(16)17/h1-3,6H,4-5,7-8H2,(H3,13,14). The van der Waals surface area contributed by atoms with Crippen LogP contribution in [0.5, 0.6) is 5.75 Å². The predicted octanol–water partition coefficient (Wildman–Crippen LogP) is 2.08. The molecule has 96 valence electrons. The van der Waals surface area contributed by atoms with Crippen molar-refractivity contribution < 1.29 is 9.66 Å². The minimum atomic E-state index is -0.449. The molecule has 0 spiro atoms. The first kappa shape index (κ1) is 12.3. The lowest BCUT2D eigenvalue weighted by Crippen LogP contribution is -2.21. The fraction of sp³-hybridized carbons (Fsp3) is 0.417. The Bertz CT molecular complexity index is 483. The molecule has 0 amide bonds. The summed E-state index contributed by atoms with van der Waals surface area (Å²) in [4.78, 5) is 10.2. The van der Waals surface area contributed by atoms with Crippen LogP contribution in [-0.4, -0.2) is 17.4 Å². The lowest BCUT2D eigenvalue weighted by Gasteiger charge is -2.15. The fourth-order valence-corrected chi connectivity index (χ4v) is 1.88. The molecule has 0 radical (unpaired) electrons. The number of nitrogens with one attached hydrogen (secondary N) is 1. The van der Waals surface area contributed by atoms with E-state index in [0.717, 1.165) is 12.8 Å². The van der Waals surface area contributed by atoms with Crippen molar-refractivity contribution >= 4 is 11.5 Å². The summed E-state index contributed by atoms with van der Waals surface area (Å²) in [5.74, 6) is 0.647. The van der Waals surface area contributed by atoms with Crippen LogP contribution in [0.2, 0.25) is 0 Å². The largest absolute Gasteiger partial charge is 0.493 e. The number of nitro benzene ring substituents is 1. The summed E-state index contributed by atoms with van der Waals surface area (Å²) in [6.45, 7) is 0.452. The van der Waals surface area contributed by atoms with Crippen LogP contribution in [0.3, 0.4) is 0 Å². The number of hydrogen-bond donors (Lipinski definition) is 2. The Morgan fingerprint density at radius 3 is 2.83 bits per heavy atom. The van der Waals surface area contributed by atoms with Crippen molar-refractivity contribution in [1.82, 2.24) is 0 Å². The van der Waals surface area contributed by atoms with Gasteiger partial charge in [-0.1, -0.05) is 6.07 Å². The Kier molecular flexibility index (Phi) is 3.18. The molecule has 1 aliphatic carbocycles. The maximum absolute atomic E-state index is 10.6. The molecule has 0 aromatic heterocycles. The maximum atomic E-state index is 10.6. The van der Waals surface area contributed by atoms with Crippen molar-refractivity contribution in [2.75, 3.05) is 6.61 Å². The molecule has 18 heavy (non-hydrogen) atoms. The number of nitrogens with two attached hydrogens (primary N) is 1. The molecule has 0 saturated heterocycles. The van der Waals surface area contributed by atoms with Crippen LogP contribution in [-0.2, 0) is 0 Å². The number of hydrogen-bond acceptors (Lipinski definition) is 4. The Hall–Kier alpha value is -2.11. The van der Waals surface area contributed by atoms with Gasteiger partial charge in [-0.05, 0) is 18.9 Å². The summed E-state index contributed by atoms with van der Waals surface area (Å²) in [7, 11) is 0. The van der Waals surface area contributed by atoms with Gasteiger partial charge in [0.25, 0.3) is 5.69 Å². The van der Waals surface area contributed by atoms with Crippen molar-refractivity contribution in [3.8, 4) is 5.75 Å². The number of rotatable bonds is 6. The first-order chi connectivity index (χ1) is 8.51. The van der Waals surface area contributed by atoms with E-state index in [9.17, 15) is 10.1 Å². The van der Waals surface area contributed by atoms with Crippen LogP contribution >= 0.6 is 0 Å². The second-order valence-corrected chi connectivity index (χ2v) is 4.75. The molecule has 1 fully saturated rings. The van der Waals surface area contributed by atoms with Gasteiger partial charge in [0.2, 0.25) is 0 Å². The molecule has 0 heterocycles. The average Bonchev–Trinajstić information content (AvgIpc) is 3.06. The van der Waals surface area contributed by atoms with E-state index in [1.165, 1.54) is 12.1 Å². The minimum Gasteiger partial charge on any atom is -0.493 e. The summed E-state index contributed by atoms with van der Waals surface area (Å²) in [6.07, 6.45) is 2.50. The molecular formula is C12H15N3O3. The molecule has 1 aliphatic rings. The van der Waals surface area contributed by atoms with Crippen molar-refractivity contribution in [2.45, 2.75) is 19.3 Å². The predicted molar refractivity (Wildman–Crippen MR) is 66.8 cm³/mol. The van der Waals surface area contributed by atoms with Crippen molar-refractivity contribution in [3.05, 3.63) is 34.4 Å². The van der Waals surface area contributed by atoms with Gasteiger partial charge in [0.15, 0.2) is 0 Å². The van der Waals surface area contributed by atoms with Crippen LogP contribution in [0.25, 0.3) is 0 Å². The molecule has 0 bridgehead atoms. The highest BCUT2D eigenvalue weighted by molar-refractivity contribution is 5.78. The molecule has 1 aromatic rings. The third kappa shape index (κ3) is 2.97. The smallest absolute Gasteiger partial charge is 0.273 e. The topological polar surface area (TPSA) is 102 Å². The van der Waals surface area contributed by atoms with Gasteiger partial charge in [-0.25, -0.2) is 0 Å². The van der Waals surface area contributed by atoms with Crippen LogP contribution < -0.4 is 10.5 Å². The highest BCUT2D eigenvalue weighted by Crippen LogP contribution is 2.48. The lowest BCUT2D eigenvalue weighted by atomic mass is 10.0. The molecular weight excluding hydrogens is 234 g/mol. The van der Waals surface area contributed by atoms with Crippen LogP contribution in [0, 0.1) is 20.9 Å². The van der Waals surface area contributed by atoms with E-state index in [2.05, 4.69) is 0 Å². The Labute approximate surface area is 104 Å². The maximum Gasteiger partial charge on any atom is 0.273 e. The summed E-state index contributed by atoms with van der Waals surface area (Å²) in [6, 6.07) is 6.12. The molecule has 6 heteroatoms. The second-order valence-electron chi connectivity index (χ2n) is 4.75. The zero-order chi connectivity index (χ0) is 13.2. The Morgan fingerprint density at radius 2 is 2.28 bits per heavy atom. The SMILES string of the molecule is N=C(N)CC1(COc2cccc([N+](=O)[O-])c2)CC1. The van der Waals surface area contributed by atoms with Gasteiger partial charge in [-0.15, -0.1) is 0 Å². The molecule has 3 N–H and O–H groups in total. The van der Waals surface area contributed by atoms with Gasteiger partial charge >= 0.3 is 0 Å². The number of benzene rings is 1. The zero-order valence-corrected chi connectivity index (χ0v) is 9.89. The van der Waals surface area contributed by atoms with Crippen LogP contribution in [0.15, 0.2) is 24.3 Å². The van der Waals surface area contributed by atoms with Gasteiger partial charge < -0.3 is 10.5 Å². The lowest BCUT2D eigenvalue weighted by molar-refractivity contribution is -0.384. The molecule has 6 nitrogen and oxygen atoms in total. The number of amidine groups is 1. The van der Waals surface area contributed by atoms with E-state index in [1.807, 2.05) is 0 Å². The summed E-state index contributed by atoms with van der Waals surface area (Å²) >= 11 is 0. The van der Waals surface area contributed by atoms with Crippen LogP contribution in [0.4, 0.5) is 5.69 Å². The van der Waals surface area contributed by atoms with Crippen molar-refractivity contribution in [3.63, 3.8) is 0 Å². The molecule has 1 saturated carbocycles. The van der Waals surface area contributed by atoms with E-state index >= 15 is 0 Å². The highest BCUT2D eigenvalue weighted by Gasteiger charge is 2.44. The number of non-ortho nitro benzene ring substituents is 1. The summed E-state index contributed by atoms with van der Waals surface area (Å²) < 4.78 is 5.57. The summed E-state index contributed by atoms with van der Waals surface area (Å²) in [5, 5.41) is 17.9. The molecule has 2 rings (SSSR count). The van der Waals surface area contributed by atoms with E-state index in [1.54, 1.807) is 12.1 Å². The quantitative estimate of drug-likeness (QED) is 0.348. The number of ether oxygens (including phenoxy) is 1. The van der Waals surface area contributed by atoms with Crippen molar-refractivity contribution in [1.29, 1.82) is 5.41 Å². The third-order valence-corrected chi connectivity index (χ3v) is 3.10. The zero-order valence-electron chi connectivity index (χ0n) is 9.89. The molecule has 0 unspecified atom stereocenters. The monoisotopic (exact) mass is 249 g/mol. The van der Waals surface area contributed by atoms with Gasteiger partial charge in [0, 0.05) is 17.9 Å². The number of nitro groups is 1. The fourth-order valence-electron chi connectivity index (χ4n) is 1.88. The highest BCUT2D eigenvalue weighted by atomic mass is 16.6. The summed E-state index contributed by atoms with van der Waals surface area (Å²) in [5.41, 5.74) is 5.38. The second kappa shape index (κ2) is 4.64. The minimum absolute atomic E-state index is 0.0175. The normalized spacial score (nSPS) is 16.0. The molecule has 1 aromatic carbocycles. The van der Waals surface area contributed by atoms with Gasteiger partial charge in [-0.2, -0.15) is 0 Å². The van der Waals surface area contributed by atoms with Gasteiger partial charge in [-0.3, -0.25) is 15.5 Å². The van der Waals surface area contributed by atoms with E-state index in [0.29, 0.717) is 18.8 Å². The van der Waals surface area contributed by atoms with Crippen molar-refractivity contribution in [2.24, 2.45) is 11.1 Å². The van der Waals surface area contributed by atoms with Gasteiger partial charge in [0.05, 0.1) is 23.4 Å². The Balaban J connectivity index is 1.96. The molecule has 0 aliphatic heterocycles. The van der Waals surface area contributed by atoms with Crippen LogP contribution in [0.1, 0.15) is 19.3 Å². The van der Waals surface area contributed by atoms with E-state index in [-0.39, 0.29) is 16.9 Å². The van der Waals surface area contributed by atoms with Gasteiger partial charge in [0.1, 0.15) is 5.75 Å². The average molecular weight is 249 g/mol. The first-order valence-electron chi connectivity index (χ1n) is 5.71. The van der Waals surface area contributed by atoms with E-state index in [4.69, 9.17) is 15.9 Å².